The number of anilines is 1. The fourth-order valence-corrected chi connectivity index (χ4v) is 3.83. The molecule has 0 saturated carbocycles. The van der Waals surface area contributed by atoms with Crippen LogP contribution in [0.5, 0.6) is 0 Å². The molecular formula is C18H21F3N6O4S. The Balaban J connectivity index is 2.12. The van der Waals surface area contributed by atoms with Crippen LogP contribution < -0.4 is 15.8 Å². The molecule has 0 aromatic carbocycles. The number of aromatic nitrogens is 4. The molecule has 14 heteroatoms. The van der Waals surface area contributed by atoms with Crippen molar-refractivity contribution in [3.05, 3.63) is 10.4 Å². The highest BCUT2D eigenvalue weighted by Crippen LogP contribution is 2.26. The molecule has 1 fully saturated rings. The third kappa shape index (κ3) is 4.84. The van der Waals surface area contributed by atoms with Gasteiger partial charge < -0.3 is 20.1 Å². The molecule has 3 heterocycles. The van der Waals surface area contributed by atoms with E-state index in [1.807, 2.05) is 0 Å². The number of fused-ring (bicyclic) bond motifs is 1. The normalized spacial score (nSPS) is 16.7. The smallest absolute Gasteiger partial charge is 0.433 e. The molecule has 1 unspecified atom stereocenters. The van der Waals surface area contributed by atoms with E-state index in [2.05, 4.69) is 31.9 Å². The van der Waals surface area contributed by atoms with E-state index in [-0.39, 0.29) is 43.4 Å². The van der Waals surface area contributed by atoms with Gasteiger partial charge in [0.1, 0.15) is 0 Å². The lowest BCUT2D eigenvalue weighted by Gasteiger charge is -2.36. The monoisotopic (exact) mass is 474 g/mol. The zero-order chi connectivity index (χ0) is 23.5. The van der Waals surface area contributed by atoms with E-state index in [1.54, 1.807) is 6.92 Å². The van der Waals surface area contributed by atoms with Crippen LogP contribution in [0.15, 0.2) is 9.95 Å². The lowest BCUT2D eigenvalue weighted by molar-refractivity contribution is -0.205. The molecule has 0 spiro atoms. The van der Waals surface area contributed by atoms with Crippen molar-refractivity contribution in [2.75, 3.05) is 36.9 Å². The van der Waals surface area contributed by atoms with Gasteiger partial charge >= 0.3 is 12.1 Å². The van der Waals surface area contributed by atoms with Gasteiger partial charge in [-0.2, -0.15) is 18.2 Å². The number of carbonyl (C=O) groups excluding carboxylic acids is 1. The number of aliphatic hydroxyl groups is 1. The lowest BCUT2D eigenvalue weighted by Crippen LogP contribution is -2.55. The van der Waals surface area contributed by atoms with E-state index in [4.69, 9.17) is 5.11 Å². The maximum Gasteiger partial charge on any atom is 0.491 e. The van der Waals surface area contributed by atoms with Crippen LogP contribution in [0.1, 0.15) is 6.92 Å². The van der Waals surface area contributed by atoms with E-state index in [0.717, 1.165) is 11.8 Å². The molecule has 1 aliphatic rings. The number of rotatable bonds is 6. The van der Waals surface area contributed by atoms with Crippen LogP contribution in [0.2, 0.25) is 0 Å². The highest BCUT2D eigenvalue weighted by molar-refractivity contribution is 7.99. The largest absolute Gasteiger partial charge is 0.491 e. The Labute approximate surface area is 184 Å². The average Bonchev–Trinajstić information content (AvgIpc) is 3.11. The summed E-state index contributed by atoms with van der Waals surface area (Å²) < 4.78 is 45.7. The van der Waals surface area contributed by atoms with E-state index in [0.29, 0.717) is 17.5 Å². The second-order valence-corrected chi connectivity index (χ2v) is 7.74. The van der Waals surface area contributed by atoms with Gasteiger partial charge in [-0.25, -0.2) is 9.78 Å². The van der Waals surface area contributed by atoms with E-state index in [1.165, 1.54) is 21.1 Å². The lowest BCUT2D eigenvalue weighted by atomic mass is 10.3. The summed E-state index contributed by atoms with van der Waals surface area (Å²) in [5, 5.41) is 12.3. The molecule has 1 saturated heterocycles. The first-order chi connectivity index (χ1) is 15.2. The molecule has 0 radical (unpaired) electrons. The van der Waals surface area contributed by atoms with E-state index < -0.39 is 23.9 Å². The fraction of sp³-hybridized carbons (Fsp3) is 0.556. The van der Waals surface area contributed by atoms with Crippen LogP contribution in [-0.2, 0) is 23.1 Å². The summed E-state index contributed by atoms with van der Waals surface area (Å²) in [5.74, 6) is 3.66. The first-order valence-corrected chi connectivity index (χ1v) is 10.5. The van der Waals surface area contributed by atoms with E-state index in [9.17, 15) is 22.8 Å². The van der Waals surface area contributed by atoms with Crippen molar-refractivity contribution >= 4 is 34.8 Å². The van der Waals surface area contributed by atoms with Crippen LogP contribution in [0.3, 0.4) is 0 Å². The second-order valence-electron chi connectivity index (χ2n) is 6.68. The van der Waals surface area contributed by atoms with Crippen LogP contribution in [0.4, 0.5) is 19.1 Å². The number of thioether (sulfide) groups is 1. The number of ether oxygens (including phenoxy) is 1. The van der Waals surface area contributed by atoms with Crippen molar-refractivity contribution in [2.24, 2.45) is 7.05 Å². The zero-order valence-corrected chi connectivity index (χ0v) is 18.1. The maximum absolute atomic E-state index is 13.1. The third-order valence-corrected chi connectivity index (χ3v) is 5.60. The molecule has 2 aromatic rings. The van der Waals surface area contributed by atoms with Gasteiger partial charge in [0.25, 0.3) is 5.56 Å². The number of halogens is 3. The maximum atomic E-state index is 13.1. The second kappa shape index (κ2) is 9.80. The Kier molecular flexibility index (Phi) is 7.32. The fourth-order valence-electron chi connectivity index (χ4n) is 3.13. The molecule has 0 aliphatic carbocycles. The predicted molar refractivity (Wildman–Crippen MR) is 110 cm³/mol. The standard InChI is InChI=1S/C18H21F3N6O4S/c1-3-4-6-27-12-13(24-17(32-9-8-28)25(2)14(12)29)23-16(27)26-7-5-22-10-11(26)31-15(30)18(19,20)21/h11,22,28H,5-10H2,1-2H3. The van der Waals surface area contributed by atoms with Crippen molar-refractivity contribution < 1.29 is 27.8 Å². The summed E-state index contributed by atoms with van der Waals surface area (Å²) in [6.07, 6.45) is -6.44. The summed E-state index contributed by atoms with van der Waals surface area (Å²) in [6.45, 7) is 2.03. The number of hydrogen-bond acceptors (Lipinski definition) is 9. The average molecular weight is 474 g/mol. The summed E-state index contributed by atoms with van der Waals surface area (Å²) in [4.78, 5) is 34.7. The van der Waals surface area contributed by atoms with Crippen molar-refractivity contribution in [1.29, 1.82) is 0 Å². The molecule has 2 aromatic heterocycles. The van der Waals surface area contributed by atoms with Gasteiger partial charge in [-0.1, -0.05) is 17.7 Å². The predicted octanol–water partition coefficient (Wildman–Crippen LogP) is 0.0789. The van der Waals surface area contributed by atoms with Crippen LogP contribution in [0, 0.1) is 11.8 Å². The Morgan fingerprint density at radius 2 is 2.16 bits per heavy atom. The van der Waals surface area contributed by atoms with Crippen molar-refractivity contribution in [3.63, 3.8) is 0 Å². The third-order valence-electron chi connectivity index (χ3n) is 4.59. The number of carbonyl (C=O) groups is 1. The van der Waals surface area contributed by atoms with E-state index >= 15 is 0 Å². The van der Waals surface area contributed by atoms with Gasteiger partial charge in [0.15, 0.2) is 22.5 Å². The van der Waals surface area contributed by atoms with Crippen molar-refractivity contribution in [2.45, 2.75) is 31.0 Å². The van der Waals surface area contributed by atoms with Crippen molar-refractivity contribution in [3.8, 4) is 11.8 Å². The molecule has 2 N–H and O–H groups in total. The number of nitrogens with zero attached hydrogens (tertiary/aromatic N) is 5. The summed E-state index contributed by atoms with van der Waals surface area (Å²) in [6, 6.07) is 0. The highest BCUT2D eigenvalue weighted by atomic mass is 32.2. The Bertz CT molecular complexity index is 1120. The van der Waals surface area contributed by atoms with Gasteiger partial charge in [-0.15, -0.1) is 5.92 Å². The number of imidazole rings is 1. The van der Waals surface area contributed by atoms with Gasteiger partial charge in [-0.05, 0) is 6.92 Å². The first kappa shape index (κ1) is 23.9. The summed E-state index contributed by atoms with van der Waals surface area (Å²) in [5.41, 5.74) is -0.218. The SMILES string of the molecule is CC#CCn1c(N2CCNCC2OC(=O)C(F)(F)F)nc2nc(SCCO)n(C)c(=O)c21. The number of hydrogen-bond donors (Lipinski definition) is 2. The molecule has 0 bridgehead atoms. The van der Waals surface area contributed by atoms with Crippen LogP contribution >= 0.6 is 11.8 Å². The van der Waals surface area contributed by atoms with Gasteiger partial charge in [0.2, 0.25) is 5.95 Å². The molecule has 10 nitrogen and oxygen atoms in total. The number of aliphatic hydroxyl groups excluding tert-OH is 1. The molecule has 1 aliphatic heterocycles. The summed E-state index contributed by atoms with van der Waals surface area (Å²) in [7, 11) is 1.52. The Hall–Kier alpha value is -2.76. The number of alkyl halides is 3. The van der Waals surface area contributed by atoms with Gasteiger partial charge in [0, 0.05) is 25.9 Å². The van der Waals surface area contributed by atoms with Gasteiger partial charge in [-0.3, -0.25) is 13.9 Å². The Morgan fingerprint density at radius 3 is 2.81 bits per heavy atom. The van der Waals surface area contributed by atoms with Gasteiger partial charge in [0.05, 0.1) is 19.7 Å². The highest BCUT2D eigenvalue weighted by Gasteiger charge is 2.44. The number of esters is 1. The molecule has 0 amide bonds. The number of piperazine rings is 1. The first-order valence-electron chi connectivity index (χ1n) is 9.54. The minimum Gasteiger partial charge on any atom is -0.433 e. The number of nitrogens with one attached hydrogen (secondary N) is 1. The molecule has 1 atom stereocenters. The summed E-state index contributed by atoms with van der Waals surface area (Å²) >= 11 is 1.16. The van der Waals surface area contributed by atoms with Crippen molar-refractivity contribution in [1.82, 2.24) is 24.4 Å². The minimum atomic E-state index is -5.15. The molecule has 32 heavy (non-hydrogen) atoms. The zero-order valence-electron chi connectivity index (χ0n) is 17.3. The molecule has 3 rings (SSSR count). The van der Waals surface area contributed by atoms with Crippen LogP contribution in [-0.4, -0.2) is 74.6 Å². The molecule has 174 valence electrons. The Morgan fingerprint density at radius 1 is 1.41 bits per heavy atom. The topological polar surface area (TPSA) is 115 Å². The van der Waals surface area contributed by atoms with Crippen LogP contribution in [0.25, 0.3) is 11.2 Å². The minimum absolute atomic E-state index is 0.0340. The molecular weight excluding hydrogens is 453 g/mol. The quantitative estimate of drug-likeness (QED) is 0.260.